The van der Waals surface area contributed by atoms with Gasteiger partial charge in [-0.15, -0.1) is 0 Å². The fourth-order valence-corrected chi connectivity index (χ4v) is 5.61. The summed E-state index contributed by atoms with van der Waals surface area (Å²) in [6.07, 6.45) is 5.64. The number of rotatable bonds is 3. The smallest absolute Gasteiger partial charge is 0.0690 e. The molecular weight excluding hydrogens is 262 g/mol. The molecule has 0 spiro atoms. The number of benzene rings is 1. The van der Waals surface area contributed by atoms with Gasteiger partial charge in [-0.05, 0) is 67.4 Å². The molecule has 4 aliphatic carbocycles. The van der Waals surface area contributed by atoms with E-state index < -0.39 is 5.60 Å². The fraction of sp³-hybridized carbons (Fsp3) is 0.647. The molecule has 4 nitrogen and oxygen atoms in total. The fourth-order valence-electron chi connectivity index (χ4n) is 5.61. The number of azide groups is 1. The van der Waals surface area contributed by atoms with E-state index in [0.29, 0.717) is 24.2 Å². The lowest BCUT2D eigenvalue weighted by Gasteiger charge is -2.62. The molecule has 5 rings (SSSR count). The van der Waals surface area contributed by atoms with Crippen LogP contribution in [-0.4, -0.2) is 16.2 Å². The highest BCUT2D eigenvalue weighted by Gasteiger charge is 2.61. The normalized spacial score (nSPS) is 43.6. The Morgan fingerprint density at radius 1 is 1.24 bits per heavy atom. The summed E-state index contributed by atoms with van der Waals surface area (Å²) in [6.45, 7) is 0. The lowest BCUT2D eigenvalue weighted by Crippen LogP contribution is -2.63. The second-order valence-electron chi connectivity index (χ2n) is 7.46. The van der Waals surface area contributed by atoms with Crippen molar-refractivity contribution in [3.8, 4) is 0 Å². The van der Waals surface area contributed by atoms with E-state index in [0.717, 1.165) is 25.7 Å². The van der Waals surface area contributed by atoms with Crippen molar-refractivity contribution >= 4 is 0 Å². The minimum Gasteiger partial charge on any atom is -0.390 e. The molecule has 1 aromatic carbocycles. The SMILES string of the molecule is [N-]=[N+]=N[C@]12C[C@@H]3C[C@H](C1)[C@H](Cc1ccccc1)[C@@](O)(C3)C2. The van der Waals surface area contributed by atoms with E-state index in [1.807, 2.05) is 6.07 Å². The third-order valence-electron chi connectivity index (χ3n) is 6.04. The zero-order chi connectivity index (χ0) is 14.5. The maximum Gasteiger partial charge on any atom is 0.0690 e. The van der Waals surface area contributed by atoms with Gasteiger partial charge < -0.3 is 5.11 Å². The van der Waals surface area contributed by atoms with Crippen LogP contribution in [0.1, 0.15) is 37.7 Å². The molecule has 4 fully saturated rings. The standard InChI is InChI=1S/C17H21N3O/c18-20-19-16-8-13-6-14(10-16)15(17(21,9-13)11-16)7-12-4-2-1-3-5-12/h1-5,13-15,21H,6-11H2/t13-,14+,15-,16+,17+/m0/s1. The van der Waals surface area contributed by atoms with Crippen LogP contribution in [0.15, 0.2) is 35.4 Å². The van der Waals surface area contributed by atoms with Gasteiger partial charge in [0, 0.05) is 4.91 Å². The average Bonchev–Trinajstić information content (AvgIpc) is 2.43. The molecule has 21 heavy (non-hydrogen) atoms. The highest BCUT2D eigenvalue weighted by molar-refractivity contribution is 5.21. The van der Waals surface area contributed by atoms with Crippen molar-refractivity contribution in [1.82, 2.24) is 0 Å². The number of nitrogens with zero attached hydrogens (tertiary/aromatic N) is 3. The topological polar surface area (TPSA) is 69.0 Å². The van der Waals surface area contributed by atoms with Crippen molar-refractivity contribution in [2.24, 2.45) is 22.9 Å². The zero-order valence-electron chi connectivity index (χ0n) is 12.2. The van der Waals surface area contributed by atoms with Crippen molar-refractivity contribution < 1.29 is 5.11 Å². The van der Waals surface area contributed by atoms with Crippen molar-refractivity contribution in [1.29, 1.82) is 0 Å². The molecule has 0 amide bonds. The van der Waals surface area contributed by atoms with Crippen LogP contribution in [-0.2, 0) is 6.42 Å². The van der Waals surface area contributed by atoms with Crippen molar-refractivity contribution in [2.75, 3.05) is 0 Å². The van der Waals surface area contributed by atoms with E-state index in [9.17, 15) is 5.11 Å². The van der Waals surface area contributed by atoms with Crippen LogP contribution in [0.3, 0.4) is 0 Å². The summed E-state index contributed by atoms with van der Waals surface area (Å²) in [5.74, 6) is 1.36. The number of hydrogen-bond acceptors (Lipinski definition) is 2. The average molecular weight is 283 g/mol. The highest BCUT2D eigenvalue weighted by atomic mass is 16.3. The van der Waals surface area contributed by atoms with Crippen LogP contribution in [0.25, 0.3) is 10.4 Å². The van der Waals surface area contributed by atoms with Crippen LogP contribution in [0.5, 0.6) is 0 Å². The second-order valence-corrected chi connectivity index (χ2v) is 7.46. The molecule has 5 atom stereocenters. The Morgan fingerprint density at radius 2 is 2.05 bits per heavy atom. The van der Waals surface area contributed by atoms with Crippen molar-refractivity contribution in [2.45, 2.75) is 49.7 Å². The monoisotopic (exact) mass is 283 g/mol. The molecule has 4 aliphatic rings. The van der Waals surface area contributed by atoms with Crippen LogP contribution >= 0.6 is 0 Å². The largest absolute Gasteiger partial charge is 0.390 e. The van der Waals surface area contributed by atoms with E-state index >= 15 is 0 Å². The van der Waals surface area contributed by atoms with Gasteiger partial charge in [0.15, 0.2) is 0 Å². The first-order chi connectivity index (χ1) is 10.1. The molecule has 4 bridgehead atoms. The number of hydrogen-bond donors (Lipinski definition) is 1. The lowest BCUT2D eigenvalue weighted by molar-refractivity contribution is -0.177. The quantitative estimate of drug-likeness (QED) is 0.511. The molecule has 1 N–H and O–H groups in total. The zero-order valence-corrected chi connectivity index (χ0v) is 12.2. The molecule has 4 saturated carbocycles. The van der Waals surface area contributed by atoms with Gasteiger partial charge in [0.25, 0.3) is 0 Å². The van der Waals surface area contributed by atoms with Gasteiger partial charge in [-0.1, -0.05) is 35.4 Å². The first kappa shape index (κ1) is 13.2. The molecule has 0 saturated heterocycles. The van der Waals surface area contributed by atoms with Gasteiger partial charge in [0.2, 0.25) is 0 Å². The molecule has 0 aliphatic heterocycles. The molecule has 1 aromatic rings. The molecule has 0 aromatic heterocycles. The van der Waals surface area contributed by atoms with Crippen molar-refractivity contribution in [3.63, 3.8) is 0 Å². The Labute approximate surface area is 124 Å². The van der Waals surface area contributed by atoms with Crippen LogP contribution in [0.4, 0.5) is 0 Å². The molecular formula is C17H21N3O. The van der Waals surface area contributed by atoms with Gasteiger partial charge >= 0.3 is 0 Å². The maximum absolute atomic E-state index is 11.2. The van der Waals surface area contributed by atoms with Gasteiger partial charge in [0.1, 0.15) is 0 Å². The van der Waals surface area contributed by atoms with Crippen LogP contribution < -0.4 is 0 Å². The van der Waals surface area contributed by atoms with Gasteiger partial charge in [-0.2, -0.15) is 0 Å². The van der Waals surface area contributed by atoms with Crippen molar-refractivity contribution in [3.05, 3.63) is 46.3 Å². The summed E-state index contributed by atoms with van der Waals surface area (Å²) < 4.78 is 0. The highest BCUT2D eigenvalue weighted by Crippen LogP contribution is 2.62. The Kier molecular flexibility index (Phi) is 2.82. The molecule has 4 heteroatoms. The lowest BCUT2D eigenvalue weighted by atomic mass is 9.46. The third-order valence-corrected chi connectivity index (χ3v) is 6.04. The minimum absolute atomic E-state index is 0.303. The summed E-state index contributed by atoms with van der Waals surface area (Å²) >= 11 is 0. The van der Waals surface area contributed by atoms with E-state index in [1.54, 1.807) is 0 Å². The van der Waals surface area contributed by atoms with E-state index in [2.05, 4.69) is 34.3 Å². The van der Waals surface area contributed by atoms with E-state index in [-0.39, 0.29) is 5.54 Å². The van der Waals surface area contributed by atoms with E-state index in [4.69, 9.17) is 5.53 Å². The summed E-state index contributed by atoms with van der Waals surface area (Å²) in [4.78, 5) is 3.08. The summed E-state index contributed by atoms with van der Waals surface area (Å²) in [5.41, 5.74) is 9.26. The van der Waals surface area contributed by atoms with Gasteiger partial charge in [-0.25, -0.2) is 0 Å². The van der Waals surface area contributed by atoms with Crippen LogP contribution in [0, 0.1) is 17.8 Å². The Morgan fingerprint density at radius 3 is 2.76 bits per heavy atom. The molecule has 0 unspecified atom stereocenters. The summed E-state index contributed by atoms with van der Waals surface area (Å²) in [7, 11) is 0. The summed E-state index contributed by atoms with van der Waals surface area (Å²) in [6, 6.07) is 10.5. The van der Waals surface area contributed by atoms with E-state index in [1.165, 1.54) is 12.0 Å². The predicted octanol–water partition coefficient (Wildman–Crippen LogP) is 3.85. The minimum atomic E-state index is -0.631. The van der Waals surface area contributed by atoms with Gasteiger partial charge in [0.05, 0.1) is 11.1 Å². The third kappa shape index (κ3) is 2.05. The van der Waals surface area contributed by atoms with Gasteiger partial charge in [-0.3, -0.25) is 0 Å². The second kappa shape index (κ2) is 4.49. The summed E-state index contributed by atoms with van der Waals surface area (Å²) in [5, 5.41) is 15.4. The molecule has 110 valence electrons. The first-order valence-corrected chi connectivity index (χ1v) is 7.95. The van der Waals surface area contributed by atoms with Crippen LogP contribution in [0.2, 0.25) is 0 Å². The number of aliphatic hydroxyl groups is 1. The Hall–Kier alpha value is -1.51. The molecule has 0 heterocycles. The first-order valence-electron chi connectivity index (χ1n) is 7.95. The Balaban J connectivity index is 1.65. The molecule has 0 radical (unpaired) electrons. The maximum atomic E-state index is 11.2. The Bertz CT molecular complexity index is 597. The predicted molar refractivity (Wildman–Crippen MR) is 80.5 cm³/mol.